The van der Waals surface area contributed by atoms with Crippen molar-refractivity contribution in [2.24, 2.45) is 5.10 Å². The third-order valence-electron chi connectivity index (χ3n) is 4.62. The first kappa shape index (κ1) is 19.3. The van der Waals surface area contributed by atoms with E-state index < -0.39 is 5.91 Å². The molecule has 0 saturated carbocycles. The Bertz CT molecular complexity index is 1290. The lowest BCUT2D eigenvalue weighted by atomic mass is 10.1. The summed E-state index contributed by atoms with van der Waals surface area (Å²) in [4.78, 5) is 24.5. The van der Waals surface area contributed by atoms with Gasteiger partial charge in [0, 0.05) is 17.1 Å². The Kier molecular flexibility index (Phi) is 5.21. The van der Waals surface area contributed by atoms with Gasteiger partial charge < -0.3 is 0 Å². The number of amides is 1. The van der Waals surface area contributed by atoms with Crippen molar-refractivity contribution >= 4 is 22.9 Å². The standard InChI is InChI=1S/C22H20N6O2/c1-14(2)19-15(13-28(27-19)16-8-4-3-5-9-16)12-23-25-22(30)20-17-10-6-7-11-18(17)21(29)26-24-20/h3-14H,1-2H3,(H,25,30)(H,26,29)/b23-12+. The van der Waals surface area contributed by atoms with Gasteiger partial charge in [0.2, 0.25) is 0 Å². The van der Waals surface area contributed by atoms with Crippen LogP contribution >= 0.6 is 0 Å². The number of benzene rings is 2. The lowest BCUT2D eigenvalue weighted by molar-refractivity contribution is 0.0951. The highest BCUT2D eigenvalue weighted by Gasteiger charge is 2.14. The number of nitrogens with one attached hydrogen (secondary N) is 2. The highest BCUT2D eigenvalue weighted by Crippen LogP contribution is 2.18. The second-order valence-electron chi connectivity index (χ2n) is 7.05. The number of carbonyl (C=O) groups excluding carboxylic acids is 1. The van der Waals surface area contributed by atoms with Gasteiger partial charge in [0.25, 0.3) is 11.5 Å². The summed E-state index contributed by atoms with van der Waals surface area (Å²) in [7, 11) is 0. The number of rotatable bonds is 5. The second-order valence-corrected chi connectivity index (χ2v) is 7.05. The zero-order valence-corrected chi connectivity index (χ0v) is 16.5. The molecule has 8 nitrogen and oxygen atoms in total. The molecular weight excluding hydrogens is 380 g/mol. The van der Waals surface area contributed by atoms with Gasteiger partial charge in [-0.1, -0.05) is 50.2 Å². The average molecular weight is 400 g/mol. The van der Waals surface area contributed by atoms with Gasteiger partial charge in [-0.2, -0.15) is 15.3 Å². The van der Waals surface area contributed by atoms with Crippen LogP contribution in [0.3, 0.4) is 0 Å². The third-order valence-corrected chi connectivity index (χ3v) is 4.62. The number of carbonyl (C=O) groups is 1. The summed E-state index contributed by atoms with van der Waals surface area (Å²) < 4.78 is 1.79. The Morgan fingerprint density at radius 1 is 1.10 bits per heavy atom. The van der Waals surface area contributed by atoms with E-state index in [9.17, 15) is 9.59 Å². The van der Waals surface area contributed by atoms with E-state index in [4.69, 9.17) is 0 Å². The maximum absolute atomic E-state index is 12.6. The van der Waals surface area contributed by atoms with E-state index in [0.29, 0.717) is 10.8 Å². The molecular formula is C22H20N6O2. The molecule has 8 heteroatoms. The Balaban J connectivity index is 1.59. The molecule has 150 valence electrons. The molecule has 0 radical (unpaired) electrons. The Morgan fingerprint density at radius 3 is 2.53 bits per heavy atom. The molecule has 0 bridgehead atoms. The van der Waals surface area contributed by atoms with Crippen LogP contribution in [0.2, 0.25) is 0 Å². The van der Waals surface area contributed by atoms with Gasteiger partial charge in [-0.25, -0.2) is 15.2 Å². The van der Waals surface area contributed by atoms with Crippen LogP contribution in [-0.2, 0) is 0 Å². The fourth-order valence-corrected chi connectivity index (χ4v) is 3.16. The van der Waals surface area contributed by atoms with E-state index in [1.165, 1.54) is 0 Å². The van der Waals surface area contributed by atoms with Crippen LogP contribution in [0.15, 0.2) is 70.7 Å². The molecule has 30 heavy (non-hydrogen) atoms. The minimum atomic E-state index is -0.514. The molecule has 0 aliphatic heterocycles. The first-order valence-corrected chi connectivity index (χ1v) is 9.50. The summed E-state index contributed by atoms with van der Waals surface area (Å²) in [5.41, 5.74) is 4.84. The van der Waals surface area contributed by atoms with Crippen molar-refractivity contribution in [1.29, 1.82) is 0 Å². The van der Waals surface area contributed by atoms with Crippen LogP contribution < -0.4 is 11.0 Å². The molecule has 2 aromatic carbocycles. The quantitative estimate of drug-likeness (QED) is 0.397. The van der Waals surface area contributed by atoms with Crippen LogP contribution in [-0.4, -0.2) is 32.1 Å². The number of hydrogen-bond acceptors (Lipinski definition) is 5. The Morgan fingerprint density at radius 2 is 1.80 bits per heavy atom. The first-order valence-electron chi connectivity index (χ1n) is 9.50. The molecule has 2 aromatic heterocycles. The lowest BCUT2D eigenvalue weighted by Gasteiger charge is -2.03. The number of fused-ring (bicyclic) bond motifs is 1. The van der Waals surface area contributed by atoms with Gasteiger partial charge in [-0.15, -0.1) is 0 Å². The van der Waals surface area contributed by atoms with Gasteiger partial charge in [0.15, 0.2) is 5.69 Å². The Labute approximate surface area is 172 Å². The van der Waals surface area contributed by atoms with Gasteiger partial charge >= 0.3 is 0 Å². The Hall–Kier alpha value is -4.07. The highest BCUT2D eigenvalue weighted by molar-refractivity contribution is 6.04. The van der Waals surface area contributed by atoms with Crippen molar-refractivity contribution in [3.63, 3.8) is 0 Å². The van der Waals surface area contributed by atoms with Gasteiger partial charge in [-0.3, -0.25) is 9.59 Å². The summed E-state index contributed by atoms with van der Waals surface area (Å²) in [6.45, 7) is 4.09. The second kappa shape index (κ2) is 8.12. The molecule has 1 amide bonds. The van der Waals surface area contributed by atoms with Crippen LogP contribution in [0.1, 0.15) is 41.5 Å². The number of para-hydroxylation sites is 1. The lowest BCUT2D eigenvalue weighted by Crippen LogP contribution is -2.22. The van der Waals surface area contributed by atoms with E-state index in [0.717, 1.165) is 16.9 Å². The minimum Gasteiger partial charge on any atom is -0.267 e. The minimum absolute atomic E-state index is 0.103. The van der Waals surface area contributed by atoms with E-state index in [1.807, 2.05) is 50.4 Å². The molecule has 2 heterocycles. The predicted molar refractivity (Wildman–Crippen MR) is 115 cm³/mol. The van der Waals surface area contributed by atoms with Crippen LogP contribution in [0, 0.1) is 0 Å². The summed E-state index contributed by atoms with van der Waals surface area (Å²) in [6.07, 6.45) is 3.43. The van der Waals surface area contributed by atoms with E-state index in [1.54, 1.807) is 35.2 Å². The van der Waals surface area contributed by atoms with E-state index in [2.05, 4.69) is 25.8 Å². The topological polar surface area (TPSA) is 105 Å². The number of aromatic amines is 1. The molecule has 0 aliphatic carbocycles. The largest absolute Gasteiger partial charge is 0.292 e. The molecule has 2 N–H and O–H groups in total. The van der Waals surface area contributed by atoms with Crippen LogP contribution in [0.5, 0.6) is 0 Å². The third kappa shape index (κ3) is 3.75. The van der Waals surface area contributed by atoms with Crippen molar-refractivity contribution in [2.75, 3.05) is 0 Å². The van der Waals surface area contributed by atoms with E-state index >= 15 is 0 Å². The molecule has 0 atom stereocenters. The van der Waals surface area contributed by atoms with Crippen molar-refractivity contribution < 1.29 is 4.79 Å². The summed E-state index contributed by atoms with van der Waals surface area (Å²) in [5.74, 6) is -0.336. The molecule has 0 spiro atoms. The molecule has 4 aromatic rings. The molecule has 0 fully saturated rings. The van der Waals surface area contributed by atoms with Crippen molar-refractivity contribution in [3.05, 3.63) is 88.1 Å². The molecule has 0 saturated heterocycles. The average Bonchev–Trinajstić information content (AvgIpc) is 3.19. The number of nitrogens with zero attached hydrogens (tertiary/aromatic N) is 4. The van der Waals surface area contributed by atoms with Gasteiger partial charge in [0.05, 0.1) is 23.0 Å². The summed E-state index contributed by atoms with van der Waals surface area (Å²) >= 11 is 0. The smallest absolute Gasteiger partial charge is 0.267 e. The van der Waals surface area contributed by atoms with Crippen molar-refractivity contribution in [3.8, 4) is 5.69 Å². The number of H-pyrrole nitrogens is 1. The summed E-state index contributed by atoms with van der Waals surface area (Å²) in [5, 5.41) is 15.8. The highest BCUT2D eigenvalue weighted by atomic mass is 16.2. The van der Waals surface area contributed by atoms with Gasteiger partial charge in [-0.05, 0) is 24.1 Å². The number of hydrogen-bond donors (Lipinski definition) is 2. The zero-order chi connectivity index (χ0) is 21.1. The van der Waals surface area contributed by atoms with Crippen molar-refractivity contribution in [1.82, 2.24) is 25.4 Å². The monoisotopic (exact) mass is 400 g/mol. The number of aromatic nitrogens is 4. The molecule has 4 rings (SSSR count). The maximum Gasteiger partial charge on any atom is 0.292 e. The zero-order valence-electron chi connectivity index (χ0n) is 16.5. The predicted octanol–water partition coefficient (Wildman–Crippen LogP) is 3.00. The van der Waals surface area contributed by atoms with Crippen LogP contribution in [0.4, 0.5) is 0 Å². The normalized spacial score (nSPS) is 11.4. The van der Waals surface area contributed by atoms with Crippen molar-refractivity contribution in [2.45, 2.75) is 19.8 Å². The number of hydrazone groups is 1. The maximum atomic E-state index is 12.6. The fourth-order valence-electron chi connectivity index (χ4n) is 3.16. The SMILES string of the molecule is CC(C)c1nn(-c2ccccc2)cc1/C=N/NC(=O)c1n[nH]c(=O)c2ccccc12. The van der Waals surface area contributed by atoms with Crippen LogP contribution in [0.25, 0.3) is 16.5 Å². The summed E-state index contributed by atoms with van der Waals surface area (Å²) in [6, 6.07) is 16.6. The molecule has 0 aliphatic rings. The van der Waals surface area contributed by atoms with Gasteiger partial charge in [0.1, 0.15) is 0 Å². The molecule has 0 unspecified atom stereocenters. The fraction of sp³-hybridized carbons (Fsp3) is 0.136. The first-order chi connectivity index (χ1) is 14.5. The van der Waals surface area contributed by atoms with E-state index in [-0.39, 0.29) is 17.2 Å².